The number of amides is 2. The Balaban J connectivity index is 1.71. The molecule has 2 fully saturated rings. The predicted octanol–water partition coefficient (Wildman–Crippen LogP) is 1.61. The Kier molecular flexibility index (Phi) is 6.24. The molecule has 1 aliphatic carbocycles. The van der Waals surface area contributed by atoms with E-state index in [4.69, 9.17) is 5.73 Å². The van der Waals surface area contributed by atoms with Crippen molar-refractivity contribution in [2.45, 2.75) is 58.4 Å². The summed E-state index contributed by atoms with van der Waals surface area (Å²) in [6.45, 7) is 6.37. The minimum Gasteiger partial charge on any atom is -0.339 e. The molecule has 0 aromatic rings. The van der Waals surface area contributed by atoms with Crippen LogP contribution in [0.5, 0.6) is 0 Å². The van der Waals surface area contributed by atoms with Crippen molar-refractivity contribution >= 4 is 11.8 Å². The molecule has 0 spiro atoms. The Morgan fingerprint density at radius 1 is 1.05 bits per heavy atom. The van der Waals surface area contributed by atoms with Crippen LogP contribution < -0.4 is 5.73 Å². The van der Waals surface area contributed by atoms with Gasteiger partial charge in [-0.1, -0.05) is 32.6 Å². The fourth-order valence-corrected chi connectivity index (χ4v) is 3.47. The third-order valence-electron chi connectivity index (χ3n) is 5.36. The van der Waals surface area contributed by atoms with Gasteiger partial charge in [-0.2, -0.15) is 0 Å². The molecule has 2 atom stereocenters. The third kappa shape index (κ3) is 4.45. The fraction of sp³-hybridized carbons (Fsp3) is 0.882. The lowest BCUT2D eigenvalue weighted by Crippen LogP contribution is -2.53. The van der Waals surface area contributed by atoms with E-state index in [1.807, 2.05) is 23.6 Å². The van der Waals surface area contributed by atoms with Crippen molar-refractivity contribution < 1.29 is 9.59 Å². The van der Waals surface area contributed by atoms with Crippen molar-refractivity contribution in [1.82, 2.24) is 9.80 Å². The molecule has 126 valence electrons. The van der Waals surface area contributed by atoms with Crippen LogP contribution in [-0.2, 0) is 9.59 Å². The van der Waals surface area contributed by atoms with Crippen LogP contribution in [0.1, 0.15) is 52.4 Å². The molecule has 5 nitrogen and oxygen atoms in total. The molecule has 0 radical (unpaired) electrons. The molecule has 2 amide bonds. The summed E-state index contributed by atoms with van der Waals surface area (Å²) in [6, 6.07) is -0.126. The molecule has 0 aromatic carbocycles. The number of nitrogens with zero attached hydrogens (tertiary/aromatic N) is 2. The lowest BCUT2D eigenvalue weighted by atomic mass is 10.0. The van der Waals surface area contributed by atoms with E-state index in [0.29, 0.717) is 32.6 Å². The number of nitrogens with two attached hydrogens (primary N) is 1. The number of piperazine rings is 1. The summed E-state index contributed by atoms with van der Waals surface area (Å²) in [6.07, 6.45) is 6.97. The Bertz CT molecular complexity index is 383. The van der Waals surface area contributed by atoms with Gasteiger partial charge in [0.15, 0.2) is 0 Å². The number of rotatable bonds is 5. The number of carbonyl (C=O) groups excluding carboxylic acids is 2. The van der Waals surface area contributed by atoms with Gasteiger partial charge in [0.25, 0.3) is 0 Å². The highest BCUT2D eigenvalue weighted by molar-refractivity contribution is 5.80. The first-order chi connectivity index (χ1) is 10.5. The van der Waals surface area contributed by atoms with Crippen molar-refractivity contribution in [3.8, 4) is 0 Å². The molecule has 0 bridgehead atoms. The van der Waals surface area contributed by atoms with E-state index in [2.05, 4.69) is 0 Å². The number of hydrogen-bond donors (Lipinski definition) is 1. The van der Waals surface area contributed by atoms with Crippen LogP contribution in [0.25, 0.3) is 0 Å². The van der Waals surface area contributed by atoms with E-state index < -0.39 is 0 Å². The second-order valence-corrected chi connectivity index (χ2v) is 7.04. The summed E-state index contributed by atoms with van der Waals surface area (Å²) in [5.41, 5.74) is 5.81. The smallest absolute Gasteiger partial charge is 0.227 e. The van der Waals surface area contributed by atoms with Crippen molar-refractivity contribution in [3.05, 3.63) is 0 Å². The van der Waals surface area contributed by atoms with E-state index >= 15 is 0 Å². The Morgan fingerprint density at radius 2 is 1.59 bits per heavy atom. The SMILES string of the molecule is CC(N)C(C)C(=O)N1CCN(C(=O)CCC2CCCC2)CC1. The van der Waals surface area contributed by atoms with Gasteiger partial charge in [0.2, 0.25) is 11.8 Å². The summed E-state index contributed by atoms with van der Waals surface area (Å²) in [4.78, 5) is 28.3. The van der Waals surface area contributed by atoms with E-state index in [9.17, 15) is 9.59 Å². The van der Waals surface area contributed by atoms with Crippen molar-refractivity contribution in [2.75, 3.05) is 26.2 Å². The van der Waals surface area contributed by atoms with Gasteiger partial charge in [0, 0.05) is 38.6 Å². The molecule has 1 saturated carbocycles. The van der Waals surface area contributed by atoms with Crippen LogP contribution in [-0.4, -0.2) is 53.8 Å². The highest BCUT2D eigenvalue weighted by Crippen LogP contribution is 2.28. The van der Waals surface area contributed by atoms with Crippen LogP contribution in [0.15, 0.2) is 0 Å². The lowest BCUT2D eigenvalue weighted by Gasteiger charge is -2.36. The van der Waals surface area contributed by atoms with Gasteiger partial charge >= 0.3 is 0 Å². The normalized spacial score (nSPS) is 22.7. The largest absolute Gasteiger partial charge is 0.339 e. The maximum absolute atomic E-state index is 12.3. The van der Waals surface area contributed by atoms with Crippen molar-refractivity contribution in [3.63, 3.8) is 0 Å². The molecule has 2 unspecified atom stereocenters. The van der Waals surface area contributed by atoms with Crippen LogP contribution >= 0.6 is 0 Å². The highest BCUT2D eigenvalue weighted by atomic mass is 16.2. The van der Waals surface area contributed by atoms with Gasteiger partial charge in [-0.25, -0.2) is 0 Å². The summed E-state index contributed by atoms with van der Waals surface area (Å²) in [5, 5.41) is 0. The summed E-state index contributed by atoms with van der Waals surface area (Å²) < 4.78 is 0. The standard InChI is InChI=1S/C17H31N3O2/c1-13(14(2)18)17(22)20-11-9-19(10-12-20)16(21)8-7-15-5-3-4-6-15/h13-15H,3-12,18H2,1-2H3. The van der Waals surface area contributed by atoms with Crippen molar-refractivity contribution in [1.29, 1.82) is 0 Å². The quantitative estimate of drug-likeness (QED) is 0.839. The monoisotopic (exact) mass is 309 g/mol. The van der Waals surface area contributed by atoms with Crippen molar-refractivity contribution in [2.24, 2.45) is 17.6 Å². The molecule has 2 aliphatic rings. The Labute approximate surface area is 134 Å². The van der Waals surface area contributed by atoms with Gasteiger partial charge < -0.3 is 15.5 Å². The molecule has 22 heavy (non-hydrogen) atoms. The fourth-order valence-electron chi connectivity index (χ4n) is 3.47. The molecule has 5 heteroatoms. The zero-order chi connectivity index (χ0) is 16.1. The summed E-state index contributed by atoms with van der Waals surface area (Å²) in [5.74, 6) is 0.996. The van der Waals surface area contributed by atoms with Crippen LogP contribution in [0, 0.1) is 11.8 Å². The van der Waals surface area contributed by atoms with E-state index in [-0.39, 0.29) is 23.8 Å². The van der Waals surface area contributed by atoms with Gasteiger partial charge in [-0.15, -0.1) is 0 Å². The van der Waals surface area contributed by atoms with Gasteiger partial charge in [-0.3, -0.25) is 9.59 Å². The zero-order valence-electron chi connectivity index (χ0n) is 14.1. The lowest BCUT2D eigenvalue weighted by molar-refractivity contribution is -0.142. The first kappa shape index (κ1) is 17.3. The molecule has 0 aromatic heterocycles. The topological polar surface area (TPSA) is 66.6 Å². The molecular weight excluding hydrogens is 278 g/mol. The average molecular weight is 309 g/mol. The second-order valence-electron chi connectivity index (χ2n) is 7.04. The minimum atomic E-state index is -0.149. The first-order valence-electron chi connectivity index (χ1n) is 8.81. The maximum atomic E-state index is 12.3. The molecular formula is C17H31N3O2. The third-order valence-corrected chi connectivity index (χ3v) is 5.36. The molecule has 2 N–H and O–H groups in total. The van der Waals surface area contributed by atoms with Gasteiger partial charge in [0.1, 0.15) is 0 Å². The molecule has 1 aliphatic heterocycles. The zero-order valence-corrected chi connectivity index (χ0v) is 14.1. The minimum absolute atomic E-state index is 0.119. The summed E-state index contributed by atoms with van der Waals surface area (Å²) >= 11 is 0. The first-order valence-corrected chi connectivity index (χ1v) is 8.81. The Hall–Kier alpha value is -1.10. The van der Waals surface area contributed by atoms with Crippen LogP contribution in [0.4, 0.5) is 0 Å². The predicted molar refractivity (Wildman–Crippen MR) is 87.2 cm³/mol. The Morgan fingerprint density at radius 3 is 2.14 bits per heavy atom. The second kappa shape index (κ2) is 7.95. The number of hydrogen-bond acceptors (Lipinski definition) is 3. The average Bonchev–Trinajstić information content (AvgIpc) is 3.04. The molecule has 1 heterocycles. The van der Waals surface area contributed by atoms with E-state index in [1.54, 1.807) is 0 Å². The van der Waals surface area contributed by atoms with Gasteiger partial charge in [0.05, 0.1) is 5.92 Å². The van der Waals surface area contributed by atoms with Crippen LogP contribution in [0.2, 0.25) is 0 Å². The van der Waals surface area contributed by atoms with Crippen LogP contribution in [0.3, 0.4) is 0 Å². The summed E-state index contributed by atoms with van der Waals surface area (Å²) in [7, 11) is 0. The molecule has 1 saturated heterocycles. The highest BCUT2D eigenvalue weighted by Gasteiger charge is 2.28. The van der Waals surface area contributed by atoms with E-state index in [0.717, 1.165) is 12.3 Å². The van der Waals surface area contributed by atoms with Gasteiger partial charge in [-0.05, 0) is 19.3 Å². The van der Waals surface area contributed by atoms with E-state index in [1.165, 1.54) is 25.7 Å². The maximum Gasteiger partial charge on any atom is 0.227 e. The number of carbonyl (C=O) groups is 2. The molecule has 2 rings (SSSR count).